The van der Waals surface area contributed by atoms with Crippen molar-refractivity contribution in [3.05, 3.63) is 35.2 Å². The quantitative estimate of drug-likeness (QED) is 0.713. The molecule has 0 spiro atoms. The fourth-order valence-corrected chi connectivity index (χ4v) is 3.83. The average Bonchev–Trinajstić information content (AvgIpc) is 3.05. The van der Waals surface area contributed by atoms with E-state index >= 15 is 0 Å². The summed E-state index contributed by atoms with van der Waals surface area (Å²) in [4.78, 5) is 7.82. The molecule has 0 aliphatic rings. The molecule has 0 aromatic carbocycles. The van der Waals surface area contributed by atoms with Crippen molar-refractivity contribution in [3.63, 3.8) is 0 Å². The Kier molecular flexibility index (Phi) is 4.70. The van der Waals surface area contributed by atoms with Crippen LogP contribution in [-0.2, 0) is 23.1 Å². The number of hydrogen-bond acceptors (Lipinski definition) is 5. The molecule has 0 aliphatic heterocycles. The Hall–Kier alpha value is -1.22. The van der Waals surface area contributed by atoms with Gasteiger partial charge in [0.1, 0.15) is 10.0 Å². The molecular formula is C11H16N4O2S2. The van der Waals surface area contributed by atoms with Crippen LogP contribution in [0.1, 0.15) is 17.6 Å². The number of imidazole rings is 1. The summed E-state index contributed by atoms with van der Waals surface area (Å²) in [5, 5.41) is 3.16. The molecule has 2 aromatic heterocycles. The fraction of sp³-hybridized carbons (Fsp3) is 0.364. The average molecular weight is 300 g/mol. The Morgan fingerprint density at radius 2 is 2.21 bits per heavy atom. The van der Waals surface area contributed by atoms with Gasteiger partial charge in [0.05, 0.1) is 6.54 Å². The van der Waals surface area contributed by atoms with Crippen LogP contribution in [-0.4, -0.2) is 24.9 Å². The summed E-state index contributed by atoms with van der Waals surface area (Å²) in [7, 11) is -3.46. The number of aromatic nitrogens is 2. The summed E-state index contributed by atoms with van der Waals surface area (Å²) in [6.07, 6.45) is 3.24. The van der Waals surface area contributed by atoms with E-state index in [4.69, 9.17) is 0 Å². The molecule has 6 nitrogen and oxygen atoms in total. The van der Waals surface area contributed by atoms with Gasteiger partial charge in [0, 0.05) is 23.8 Å². The van der Waals surface area contributed by atoms with Gasteiger partial charge in [-0.05, 0) is 18.7 Å². The first kappa shape index (κ1) is 14.2. The Balaban J connectivity index is 2.00. The summed E-state index contributed by atoms with van der Waals surface area (Å²) >= 11 is 1.27. The van der Waals surface area contributed by atoms with E-state index in [2.05, 4.69) is 20.0 Å². The topological polar surface area (TPSA) is 86.9 Å². The largest absolute Gasteiger partial charge is 0.347 e. The molecule has 0 amide bonds. The zero-order valence-electron chi connectivity index (χ0n) is 10.5. The minimum Gasteiger partial charge on any atom is -0.347 e. The Labute approximate surface area is 116 Å². The second-order valence-electron chi connectivity index (χ2n) is 3.86. The highest BCUT2D eigenvalue weighted by atomic mass is 32.2. The predicted octanol–water partition coefficient (Wildman–Crippen LogP) is 1.06. The van der Waals surface area contributed by atoms with Crippen LogP contribution in [0.5, 0.6) is 0 Å². The lowest BCUT2D eigenvalue weighted by atomic mass is 10.4. The Bertz CT molecular complexity index is 604. The van der Waals surface area contributed by atoms with E-state index in [-0.39, 0.29) is 6.54 Å². The number of aromatic amines is 1. The van der Waals surface area contributed by atoms with E-state index in [0.29, 0.717) is 16.6 Å². The zero-order chi connectivity index (χ0) is 13.7. The van der Waals surface area contributed by atoms with E-state index in [1.54, 1.807) is 18.5 Å². The van der Waals surface area contributed by atoms with E-state index in [9.17, 15) is 8.42 Å². The molecule has 0 fully saturated rings. The van der Waals surface area contributed by atoms with E-state index in [1.165, 1.54) is 11.3 Å². The van der Waals surface area contributed by atoms with Crippen LogP contribution in [0.2, 0.25) is 0 Å². The number of rotatable bonds is 7. The zero-order valence-corrected chi connectivity index (χ0v) is 12.1. The molecule has 0 saturated carbocycles. The second-order valence-corrected chi connectivity index (χ2v) is 7.02. The smallest absolute Gasteiger partial charge is 0.250 e. The van der Waals surface area contributed by atoms with Gasteiger partial charge in [-0.2, -0.15) is 0 Å². The van der Waals surface area contributed by atoms with E-state index < -0.39 is 10.0 Å². The molecule has 2 heterocycles. The van der Waals surface area contributed by atoms with Gasteiger partial charge in [-0.1, -0.05) is 6.92 Å². The maximum absolute atomic E-state index is 12.1. The second kappa shape index (κ2) is 6.29. The third-order valence-corrected chi connectivity index (χ3v) is 5.41. The first-order valence-corrected chi connectivity index (χ1v) is 8.19. The molecule has 8 heteroatoms. The number of H-pyrrole nitrogens is 1. The minimum atomic E-state index is -3.46. The van der Waals surface area contributed by atoms with E-state index in [1.807, 2.05) is 13.0 Å². The van der Waals surface area contributed by atoms with Gasteiger partial charge in [0.25, 0.3) is 0 Å². The van der Waals surface area contributed by atoms with Crippen LogP contribution in [0.3, 0.4) is 0 Å². The highest BCUT2D eigenvalue weighted by Gasteiger charge is 2.16. The van der Waals surface area contributed by atoms with Crippen molar-refractivity contribution in [3.8, 4) is 0 Å². The molecule has 0 saturated heterocycles. The standard InChI is InChI=1S/C11H16N4O2S2/c1-2-12-7-9-3-4-11(18-9)19(16,17)15-8-10-13-5-6-14-10/h3-6,12,15H,2,7-8H2,1H3,(H,13,14). The van der Waals surface area contributed by atoms with Crippen LogP contribution in [0.4, 0.5) is 0 Å². The van der Waals surface area contributed by atoms with Gasteiger partial charge in [0.2, 0.25) is 10.0 Å². The highest BCUT2D eigenvalue weighted by Crippen LogP contribution is 2.21. The summed E-state index contributed by atoms with van der Waals surface area (Å²) in [6, 6.07) is 3.45. The van der Waals surface area contributed by atoms with Crippen molar-refractivity contribution in [1.29, 1.82) is 0 Å². The molecule has 0 unspecified atom stereocenters. The summed E-state index contributed by atoms with van der Waals surface area (Å²) in [5.41, 5.74) is 0. The molecule has 0 atom stereocenters. The first-order chi connectivity index (χ1) is 9.12. The minimum absolute atomic E-state index is 0.162. The molecule has 2 aromatic rings. The molecule has 3 N–H and O–H groups in total. The Morgan fingerprint density at radius 1 is 1.37 bits per heavy atom. The van der Waals surface area contributed by atoms with Gasteiger partial charge in [-0.15, -0.1) is 11.3 Å². The van der Waals surface area contributed by atoms with Crippen molar-refractivity contribution >= 4 is 21.4 Å². The van der Waals surface area contributed by atoms with Crippen molar-refractivity contribution in [2.24, 2.45) is 0 Å². The van der Waals surface area contributed by atoms with Gasteiger partial charge in [-0.3, -0.25) is 0 Å². The SMILES string of the molecule is CCNCc1ccc(S(=O)(=O)NCc2ncc[nH]2)s1. The van der Waals surface area contributed by atoms with Gasteiger partial charge in [0.15, 0.2) is 0 Å². The van der Waals surface area contributed by atoms with Gasteiger partial charge in [-0.25, -0.2) is 18.1 Å². The van der Waals surface area contributed by atoms with Crippen molar-refractivity contribution < 1.29 is 8.42 Å². The lowest BCUT2D eigenvalue weighted by Crippen LogP contribution is -2.22. The van der Waals surface area contributed by atoms with Crippen molar-refractivity contribution in [2.75, 3.05) is 6.54 Å². The number of thiophene rings is 1. The number of hydrogen-bond donors (Lipinski definition) is 3. The molecular weight excluding hydrogens is 284 g/mol. The van der Waals surface area contributed by atoms with Crippen molar-refractivity contribution in [1.82, 2.24) is 20.0 Å². The molecule has 0 bridgehead atoms. The molecule has 104 valence electrons. The fourth-order valence-electron chi connectivity index (χ4n) is 1.48. The lowest BCUT2D eigenvalue weighted by molar-refractivity contribution is 0.582. The third kappa shape index (κ3) is 3.87. The lowest BCUT2D eigenvalue weighted by Gasteiger charge is -2.02. The molecule has 2 rings (SSSR count). The third-order valence-electron chi connectivity index (χ3n) is 2.44. The number of nitrogens with one attached hydrogen (secondary N) is 3. The van der Waals surface area contributed by atoms with Crippen LogP contribution >= 0.6 is 11.3 Å². The van der Waals surface area contributed by atoms with Gasteiger partial charge >= 0.3 is 0 Å². The molecule has 19 heavy (non-hydrogen) atoms. The molecule has 0 radical (unpaired) electrons. The van der Waals surface area contributed by atoms with E-state index in [0.717, 1.165) is 11.4 Å². The van der Waals surface area contributed by atoms with Crippen LogP contribution < -0.4 is 10.0 Å². The maximum Gasteiger partial charge on any atom is 0.250 e. The van der Waals surface area contributed by atoms with Crippen molar-refractivity contribution in [2.45, 2.75) is 24.2 Å². The van der Waals surface area contributed by atoms with Gasteiger partial charge < -0.3 is 10.3 Å². The van der Waals surface area contributed by atoms with Crippen LogP contribution in [0.25, 0.3) is 0 Å². The predicted molar refractivity (Wildman–Crippen MR) is 74.3 cm³/mol. The maximum atomic E-state index is 12.1. The summed E-state index contributed by atoms with van der Waals surface area (Å²) < 4.78 is 26.9. The monoisotopic (exact) mass is 300 g/mol. The Morgan fingerprint density at radius 3 is 2.89 bits per heavy atom. The normalized spacial score (nSPS) is 11.8. The molecule has 0 aliphatic carbocycles. The van der Waals surface area contributed by atoms with Crippen LogP contribution in [0, 0.1) is 0 Å². The van der Waals surface area contributed by atoms with Crippen LogP contribution in [0.15, 0.2) is 28.7 Å². The summed E-state index contributed by atoms with van der Waals surface area (Å²) in [5.74, 6) is 0.591. The first-order valence-electron chi connectivity index (χ1n) is 5.89. The highest BCUT2D eigenvalue weighted by molar-refractivity contribution is 7.91. The number of nitrogens with zero attached hydrogens (tertiary/aromatic N) is 1. The summed E-state index contributed by atoms with van der Waals surface area (Å²) in [6.45, 7) is 3.72. The number of sulfonamides is 1.